The lowest BCUT2D eigenvalue weighted by Gasteiger charge is -2.17. The first-order chi connectivity index (χ1) is 6.04. The molecule has 0 unspecified atom stereocenters. The molecular weight excluding hydrogens is 189 g/mol. The zero-order valence-electron chi connectivity index (χ0n) is 7.72. The highest BCUT2D eigenvalue weighted by Crippen LogP contribution is 2.28. The van der Waals surface area contributed by atoms with E-state index in [9.17, 15) is 4.39 Å². The minimum atomic E-state index is -0.339. The zero-order valence-corrected chi connectivity index (χ0v) is 8.48. The second kappa shape index (κ2) is 4.07. The molecular formula is C10H13ClFN. The number of nitrogens with two attached hydrogens (primary N) is 1. The van der Waals surface area contributed by atoms with Crippen LogP contribution in [0.15, 0.2) is 18.2 Å². The summed E-state index contributed by atoms with van der Waals surface area (Å²) in [6.45, 7) is 3.88. The van der Waals surface area contributed by atoms with E-state index in [4.69, 9.17) is 17.3 Å². The van der Waals surface area contributed by atoms with Crippen LogP contribution in [-0.2, 0) is 0 Å². The lowest BCUT2D eigenvalue weighted by atomic mass is 9.96. The molecule has 1 rings (SSSR count). The lowest BCUT2D eigenvalue weighted by Crippen LogP contribution is -2.18. The van der Waals surface area contributed by atoms with Gasteiger partial charge in [-0.1, -0.05) is 31.5 Å². The first-order valence-electron chi connectivity index (χ1n) is 4.23. The standard InChI is InChI=1S/C10H13ClFN/c1-6(2)10(13)9-7(11)4-3-5-8(9)12/h3-6,10H,13H2,1-2H3/t10-/m0/s1. The Balaban J connectivity index is 3.12. The Hall–Kier alpha value is -0.600. The fraction of sp³-hybridized carbons (Fsp3) is 0.400. The molecule has 0 fully saturated rings. The number of hydrogen-bond donors (Lipinski definition) is 1. The van der Waals surface area contributed by atoms with Crippen LogP contribution in [0.1, 0.15) is 25.5 Å². The van der Waals surface area contributed by atoms with Gasteiger partial charge in [0.05, 0.1) is 0 Å². The second-order valence-corrected chi connectivity index (χ2v) is 3.81. The van der Waals surface area contributed by atoms with Gasteiger partial charge in [-0.2, -0.15) is 0 Å². The minimum absolute atomic E-state index is 0.175. The van der Waals surface area contributed by atoms with E-state index in [1.54, 1.807) is 12.1 Å². The predicted molar refractivity (Wildman–Crippen MR) is 53.2 cm³/mol. The van der Waals surface area contributed by atoms with Gasteiger partial charge >= 0.3 is 0 Å². The van der Waals surface area contributed by atoms with E-state index in [0.29, 0.717) is 10.6 Å². The summed E-state index contributed by atoms with van der Waals surface area (Å²) in [6.07, 6.45) is 0. The molecule has 0 spiro atoms. The number of benzene rings is 1. The van der Waals surface area contributed by atoms with Gasteiger partial charge in [-0.05, 0) is 18.1 Å². The molecule has 0 saturated carbocycles. The molecule has 13 heavy (non-hydrogen) atoms. The summed E-state index contributed by atoms with van der Waals surface area (Å²) < 4.78 is 13.3. The van der Waals surface area contributed by atoms with E-state index < -0.39 is 0 Å². The molecule has 1 aromatic carbocycles. The summed E-state index contributed by atoms with van der Waals surface area (Å²) >= 11 is 5.85. The maximum Gasteiger partial charge on any atom is 0.129 e. The molecule has 0 radical (unpaired) electrons. The Morgan fingerprint density at radius 2 is 2.00 bits per heavy atom. The average molecular weight is 202 g/mol. The highest BCUT2D eigenvalue weighted by atomic mass is 35.5. The van der Waals surface area contributed by atoms with Crippen LogP contribution in [0.25, 0.3) is 0 Å². The summed E-state index contributed by atoms with van der Waals surface area (Å²) in [5, 5.41) is 0.404. The molecule has 0 aromatic heterocycles. The third-order valence-electron chi connectivity index (χ3n) is 2.05. The molecule has 1 aromatic rings. The van der Waals surface area contributed by atoms with Crippen molar-refractivity contribution >= 4 is 11.6 Å². The Morgan fingerprint density at radius 1 is 1.38 bits per heavy atom. The summed E-state index contributed by atoms with van der Waals surface area (Å²) in [6, 6.07) is 4.27. The van der Waals surface area contributed by atoms with Gasteiger partial charge in [0.25, 0.3) is 0 Å². The normalized spacial score (nSPS) is 13.4. The van der Waals surface area contributed by atoms with Crippen molar-refractivity contribution in [1.82, 2.24) is 0 Å². The first-order valence-corrected chi connectivity index (χ1v) is 4.61. The highest BCUT2D eigenvalue weighted by Gasteiger charge is 2.17. The van der Waals surface area contributed by atoms with Crippen molar-refractivity contribution in [2.24, 2.45) is 11.7 Å². The van der Waals surface area contributed by atoms with Crippen molar-refractivity contribution in [1.29, 1.82) is 0 Å². The van der Waals surface area contributed by atoms with Gasteiger partial charge in [0.1, 0.15) is 5.82 Å². The molecule has 2 N–H and O–H groups in total. The quantitative estimate of drug-likeness (QED) is 0.782. The first kappa shape index (κ1) is 10.5. The van der Waals surface area contributed by atoms with Crippen molar-refractivity contribution in [3.8, 4) is 0 Å². The van der Waals surface area contributed by atoms with E-state index in [2.05, 4.69) is 0 Å². The van der Waals surface area contributed by atoms with Gasteiger partial charge in [-0.15, -0.1) is 0 Å². The Bertz CT molecular complexity index is 279. The number of halogens is 2. The van der Waals surface area contributed by atoms with E-state index in [0.717, 1.165) is 0 Å². The van der Waals surface area contributed by atoms with Crippen LogP contribution in [0.4, 0.5) is 4.39 Å². The van der Waals surface area contributed by atoms with Crippen LogP contribution >= 0.6 is 11.6 Å². The third-order valence-corrected chi connectivity index (χ3v) is 2.38. The highest BCUT2D eigenvalue weighted by molar-refractivity contribution is 6.31. The van der Waals surface area contributed by atoms with Crippen LogP contribution in [-0.4, -0.2) is 0 Å². The maximum atomic E-state index is 13.3. The monoisotopic (exact) mass is 201 g/mol. The van der Waals surface area contributed by atoms with Crippen molar-refractivity contribution < 1.29 is 4.39 Å². The third kappa shape index (κ3) is 2.20. The molecule has 3 heteroatoms. The van der Waals surface area contributed by atoms with Crippen LogP contribution in [0.5, 0.6) is 0 Å². The molecule has 72 valence electrons. The van der Waals surface area contributed by atoms with Crippen LogP contribution in [0.3, 0.4) is 0 Å². The summed E-state index contributed by atoms with van der Waals surface area (Å²) in [7, 11) is 0. The molecule has 0 amide bonds. The fourth-order valence-corrected chi connectivity index (χ4v) is 1.45. The van der Waals surface area contributed by atoms with Crippen molar-refractivity contribution in [2.45, 2.75) is 19.9 Å². The Morgan fingerprint density at radius 3 is 2.46 bits per heavy atom. The van der Waals surface area contributed by atoms with Crippen molar-refractivity contribution in [2.75, 3.05) is 0 Å². The van der Waals surface area contributed by atoms with Gasteiger partial charge in [-0.25, -0.2) is 4.39 Å². The average Bonchev–Trinajstić information content (AvgIpc) is 2.03. The largest absolute Gasteiger partial charge is 0.324 e. The van der Waals surface area contributed by atoms with Gasteiger partial charge in [0.15, 0.2) is 0 Å². The summed E-state index contributed by atoms with van der Waals surface area (Å²) in [4.78, 5) is 0. The van der Waals surface area contributed by atoms with Gasteiger partial charge < -0.3 is 5.73 Å². The zero-order chi connectivity index (χ0) is 10.0. The molecule has 1 nitrogen and oxygen atoms in total. The number of hydrogen-bond acceptors (Lipinski definition) is 1. The SMILES string of the molecule is CC(C)[C@H](N)c1c(F)cccc1Cl. The van der Waals surface area contributed by atoms with Crippen molar-refractivity contribution in [3.05, 3.63) is 34.6 Å². The van der Waals surface area contributed by atoms with Gasteiger partial charge in [0, 0.05) is 16.6 Å². The van der Waals surface area contributed by atoms with Gasteiger partial charge in [0.2, 0.25) is 0 Å². The Kier molecular flexibility index (Phi) is 3.28. The molecule has 1 atom stereocenters. The van der Waals surface area contributed by atoms with Gasteiger partial charge in [-0.3, -0.25) is 0 Å². The maximum absolute atomic E-state index is 13.3. The van der Waals surface area contributed by atoms with Crippen LogP contribution in [0.2, 0.25) is 5.02 Å². The number of rotatable bonds is 2. The predicted octanol–water partition coefficient (Wildman–Crippen LogP) is 3.13. The molecule has 0 saturated heterocycles. The fourth-order valence-electron chi connectivity index (χ4n) is 1.16. The van der Waals surface area contributed by atoms with Crippen molar-refractivity contribution in [3.63, 3.8) is 0 Å². The van der Waals surface area contributed by atoms with E-state index in [-0.39, 0.29) is 17.8 Å². The van der Waals surface area contributed by atoms with E-state index in [1.165, 1.54) is 6.07 Å². The van der Waals surface area contributed by atoms with E-state index >= 15 is 0 Å². The minimum Gasteiger partial charge on any atom is -0.324 e. The molecule has 0 aliphatic heterocycles. The molecule has 0 bridgehead atoms. The molecule has 0 aliphatic carbocycles. The van der Waals surface area contributed by atoms with Crippen LogP contribution in [0, 0.1) is 11.7 Å². The summed E-state index contributed by atoms with van der Waals surface area (Å²) in [5.41, 5.74) is 6.23. The Labute approximate surface area is 82.7 Å². The summed E-state index contributed by atoms with van der Waals surface area (Å²) in [5.74, 6) is -0.150. The van der Waals surface area contributed by atoms with Crippen LogP contribution < -0.4 is 5.73 Å². The molecule has 0 aliphatic rings. The van der Waals surface area contributed by atoms with E-state index in [1.807, 2.05) is 13.8 Å². The molecule has 0 heterocycles. The second-order valence-electron chi connectivity index (χ2n) is 3.41. The lowest BCUT2D eigenvalue weighted by molar-refractivity contribution is 0.485. The smallest absolute Gasteiger partial charge is 0.129 e. The topological polar surface area (TPSA) is 26.0 Å².